The number of nitro groups is 1. The van der Waals surface area contributed by atoms with Crippen LogP contribution in [0.15, 0.2) is 30.3 Å². The van der Waals surface area contributed by atoms with E-state index < -0.39 is 4.92 Å². The molecular weight excluding hydrogens is 141 g/mol. The van der Waals surface area contributed by atoms with E-state index in [9.17, 15) is 10.1 Å². The van der Waals surface area contributed by atoms with Crippen LogP contribution in [0.4, 0.5) is 5.69 Å². The number of nitro benzene ring substituents is 1. The van der Waals surface area contributed by atoms with Gasteiger partial charge in [0.25, 0.3) is 5.69 Å². The molecule has 0 N–H and O–H groups in total. The SMILES string of the molecule is O=[N+]([O-])c1ccccc1.[Na]. The third kappa shape index (κ3) is 2.47. The fourth-order valence-corrected chi connectivity index (χ4v) is 0.550. The van der Waals surface area contributed by atoms with Gasteiger partial charge in [-0.1, -0.05) is 18.2 Å². The summed E-state index contributed by atoms with van der Waals surface area (Å²) in [5, 5.41) is 10.0. The standard InChI is InChI=1S/C6H5NO2.Na/c8-7(9)6-4-2-1-3-5-6;/h1-5H;. The quantitative estimate of drug-likeness (QED) is 0.339. The van der Waals surface area contributed by atoms with Crippen molar-refractivity contribution < 1.29 is 4.92 Å². The van der Waals surface area contributed by atoms with Crippen LogP contribution >= 0.6 is 0 Å². The Morgan fingerprint density at radius 1 is 1.20 bits per heavy atom. The molecule has 10 heavy (non-hydrogen) atoms. The van der Waals surface area contributed by atoms with Gasteiger partial charge in [-0.05, 0) is 0 Å². The van der Waals surface area contributed by atoms with Crippen molar-refractivity contribution in [1.82, 2.24) is 0 Å². The van der Waals surface area contributed by atoms with Gasteiger partial charge in [0.05, 0.1) is 4.92 Å². The molecule has 0 aromatic heterocycles. The summed E-state index contributed by atoms with van der Waals surface area (Å²) in [5.41, 5.74) is 0.137. The number of benzene rings is 1. The van der Waals surface area contributed by atoms with Gasteiger partial charge in [0.15, 0.2) is 0 Å². The smallest absolute Gasteiger partial charge is 0.258 e. The minimum absolute atomic E-state index is 0. The van der Waals surface area contributed by atoms with Crippen LogP contribution in [0.25, 0.3) is 0 Å². The zero-order valence-corrected chi connectivity index (χ0v) is 7.65. The van der Waals surface area contributed by atoms with Gasteiger partial charge in [-0.15, -0.1) is 0 Å². The minimum atomic E-state index is -0.417. The molecule has 0 bridgehead atoms. The molecule has 4 heteroatoms. The Bertz CT molecular complexity index is 212. The van der Waals surface area contributed by atoms with E-state index in [4.69, 9.17) is 0 Å². The maximum Gasteiger partial charge on any atom is 0.269 e. The third-order valence-corrected chi connectivity index (χ3v) is 0.967. The summed E-state index contributed by atoms with van der Waals surface area (Å²) in [6.07, 6.45) is 0. The molecule has 0 aliphatic carbocycles. The summed E-state index contributed by atoms with van der Waals surface area (Å²) >= 11 is 0. The summed E-state index contributed by atoms with van der Waals surface area (Å²) in [6, 6.07) is 7.93. The molecule has 1 aromatic carbocycles. The Morgan fingerprint density at radius 2 is 1.70 bits per heavy atom. The van der Waals surface area contributed by atoms with Crippen molar-refractivity contribution >= 4 is 35.2 Å². The Kier molecular flexibility index (Phi) is 4.27. The molecule has 1 radical (unpaired) electrons. The van der Waals surface area contributed by atoms with Gasteiger partial charge in [0.1, 0.15) is 0 Å². The number of non-ortho nitro benzene ring substituents is 1. The van der Waals surface area contributed by atoms with Gasteiger partial charge in [0.2, 0.25) is 0 Å². The Labute approximate surface area is 80.5 Å². The summed E-state index contributed by atoms with van der Waals surface area (Å²) in [4.78, 5) is 9.59. The third-order valence-electron chi connectivity index (χ3n) is 0.967. The molecule has 3 nitrogen and oxygen atoms in total. The fourth-order valence-electron chi connectivity index (χ4n) is 0.550. The van der Waals surface area contributed by atoms with Gasteiger partial charge in [-0.3, -0.25) is 10.1 Å². The monoisotopic (exact) mass is 146 g/mol. The predicted octanol–water partition coefficient (Wildman–Crippen LogP) is 1.21. The van der Waals surface area contributed by atoms with Crippen LogP contribution in [0, 0.1) is 10.1 Å². The van der Waals surface area contributed by atoms with Crippen LogP contribution < -0.4 is 0 Å². The first-order valence-electron chi connectivity index (χ1n) is 2.50. The fraction of sp³-hybridized carbons (Fsp3) is 0. The molecular formula is C6H5NNaO2. The number of rotatable bonds is 1. The topological polar surface area (TPSA) is 43.1 Å². The molecule has 0 fully saturated rings. The normalized spacial score (nSPS) is 8.00. The zero-order valence-electron chi connectivity index (χ0n) is 5.65. The molecule has 0 aliphatic rings. The second kappa shape index (κ2) is 4.44. The Balaban J connectivity index is 0.000000810. The van der Waals surface area contributed by atoms with Crippen molar-refractivity contribution in [1.29, 1.82) is 0 Å². The van der Waals surface area contributed by atoms with Crippen LogP contribution in [0.3, 0.4) is 0 Å². The first-order valence-corrected chi connectivity index (χ1v) is 2.50. The second-order valence-corrected chi connectivity index (χ2v) is 1.59. The molecule has 0 aliphatic heterocycles. The number of hydrogen-bond acceptors (Lipinski definition) is 2. The number of para-hydroxylation sites is 1. The van der Waals surface area contributed by atoms with E-state index in [0.717, 1.165) is 0 Å². The largest absolute Gasteiger partial charge is 0.269 e. The molecule has 1 aromatic rings. The van der Waals surface area contributed by atoms with Crippen molar-refractivity contribution in [3.63, 3.8) is 0 Å². The van der Waals surface area contributed by atoms with E-state index in [1.807, 2.05) is 0 Å². The van der Waals surface area contributed by atoms with Crippen LogP contribution in [-0.4, -0.2) is 34.5 Å². The van der Waals surface area contributed by atoms with E-state index >= 15 is 0 Å². The summed E-state index contributed by atoms with van der Waals surface area (Å²) in [5.74, 6) is 0. The molecule has 47 valence electrons. The van der Waals surface area contributed by atoms with Crippen LogP contribution in [-0.2, 0) is 0 Å². The van der Waals surface area contributed by atoms with Crippen molar-refractivity contribution in [2.75, 3.05) is 0 Å². The zero-order chi connectivity index (χ0) is 6.69. The van der Waals surface area contributed by atoms with Gasteiger partial charge in [-0.25, -0.2) is 0 Å². The maximum absolute atomic E-state index is 10.0. The molecule has 0 unspecified atom stereocenters. The van der Waals surface area contributed by atoms with E-state index in [2.05, 4.69) is 0 Å². The average molecular weight is 146 g/mol. The summed E-state index contributed by atoms with van der Waals surface area (Å²) < 4.78 is 0. The Hall–Kier alpha value is -0.380. The number of nitrogens with zero attached hydrogens (tertiary/aromatic N) is 1. The molecule has 0 saturated carbocycles. The second-order valence-electron chi connectivity index (χ2n) is 1.59. The molecule has 0 heterocycles. The van der Waals surface area contributed by atoms with Crippen molar-refractivity contribution in [3.05, 3.63) is 40.4 Å². The van der Waals surface area contributed by atoms with Crippen molar-refractivity contribution in [3.8, 4) is 0 Å². The molecule has 0 spiro atoms. The van der Waals surface area contributed by atoms with E-state index in [1.165, 1.54) is 12.1 Å². The summed E-state index contributed by atoms with van der Waals surface area (Å²) in [7, 11) is 0. The Morgan fingerprint density at radius 3 is 2.00 bits per heavy atom. The maximum atomic E-state index is 10.0. The molecule has 0 atom stereocenters. The van der Waals surface area contributed by atoms with Gasteiger partial charge in [-0.2, -0.15) is 0 Å². The first-order chi connectivity index (χ1) is 4.30. The molecule has 0 amide bonds. The predicted molar refractivity (Wildman–Crippen MR) is 38.9 cm³/mol. The first kappa shape index (κ1) is 9.62. The van der Waals surface area contributed by atoms with E-state index in [0.29, 0.717) is 0 Å². The van der Waals surface area contributed by atoms with Crippen LogP contribution in [0.1, 0.15) is 0 Å². The van der Waals surface area contributed by atoms with Crippen molar-refractivity contribution in [2.45, 2.75) is 0 Å². The van der Waals surface area contributed by atoms with Crippen LogP contribution in [0.5, 0.6) is 0 Å². The van der Waals surface area contributed by atoms with Crippen LogP contribution in [0.2, 0.25) is 0 Å². The summed E-state index contributed by atoms with van der Waals surface area (Å²) in [6.45, 7) is 0. The molecule has 0 saturated heterocycles. The number of hydrogen-bond donors (Lipinski definition) is 0. The van der Waals surface area contributed by atoms with Gasteiger partial charge < -0.3 is 0 Å². The van der Waals surface area contributed by atoms with Gasteiger partial charge in [0, 0.05) is 41.7 Å². The average Bonchev–Trinajstić information content (AvgIpc) is 1.90. The molecule has 1 rings (SSSR count). The minimum Gasteiger partial charge on any atom is -0.258 e. The van der Waals surface area contributed by atoms with Gasteiger partial charge >= 0.3 is 0 Å². The van der Waals surface area contributed by atoms with E-state index in [1.54, 1.807) is 18.2 Å². The van der Waals surface area contributed by atoms with E-state index in [-0.39, 0.29) is 35.2 Å². The van der Waals surface area contributed by atoms with Crippen molar-refractivity contribution in [2.24, 2.45) is 0 Å².